The Kier molecular flexibility index (Phi) is 3.83. The molecule has 1 fully saturated rings. The second-order valence-corrected chi connectivity index (χ2v) is 6.27. The molecule has 0 spiro atoms. The first-order valence-electron chi connectivity index (χ1n) is 7.60. The van der Waals surface area contributed by atoms with E-state index >= 15 is 0 Å². The number of aliphatic hydroxyl groups excluding tert-OH is 1. The number of nitrogens with zero attached hydrogens (tertiary/aromatic N) is 1. The number of rotatable bonds is 6. The van der Waals surface area contributed by atoms with Crippen molar-refractivity contribution < 1.29 is 14.6 Å². The fourth-order valence-electron chi connectivity index (χ4n) is 2.95. The van der Waals surface area contributed by atoms with E-state index in [1.54, 1.807) is 7.11 Å². The van der Waals surface area contributed by atoms with Crippen molar-refractivity contribution in [1.82, 2.24) is 9.88 Å². The number of amides is 1. The summed E-state index contributed by atoms with van der Waals surface area (Å²) in [5.41, 5.74) is 0.497. The molecule has 1 aromatic heterocycles. The minimum absolute atomic E-state index is 0.0208. The van der Waals surface area contributed by atoms with E-state index in [1.165, 1.54) is 0 Å². The lowest BCUT2D eigenvalue weighted by atomic mass is 9.97. The van der Waals surface area contributed by atoms with Crippen molar-refractivity contribution in [2.75, 3.05) is 13.7 Å². The fourth-order valence-corrected chi connectivity index (χ4v) is 2.95. The van der Waals surface area contributed by atoms with Gasteiger partial charge in [-0.15, -0.1) is 0 Å². The maximum atomic E-state index is 12.3. The Balaban J connectivity index is 1.74. The number of carbonyl (C=O) groups is 1. The molecule has 2 aromatic rings. The highest BCUT2D eigenvalue weighted by molar-refractivity contribution is 5.84. The van der Waals surface area contributed by atoms with Crippen LogP contribution < -0.4 is 10.1 Å². The molecule has 5 nitrogen and oxygen atoms in total. The molecule has 5 heteroatoms. The first-order valence-corrected chi connectivity index (χ1v) is 7.60. The topological polar surface area (TPSA) is 63.5 Å². The number of methoxy groups -OCH3 is 1. The number of hydrogen-bond acceptors (Lipinski definition) is 3. The summed E-state index contributed by atoms with van der Waals surface area (Å²) in [7, 11) is 1.64. The Hall–Kier alpha value is -2.01. The average molecular weight is 302 g/mol. The zero-order valence-corrected chi connectivity index (χ0v) is 13.0. The second kappa shape index (κ2) is 5.65. The van der Waals surface area contributed by atoms with Gasteiger partial charge >= 0.3 is 0 Å². The van der Waals surface area contributed by atoms with Crippen LogP contribution in [0.15, 0.2) is 30.5 Å². The van der Waals surface area contributed by atoms with Gasteiger partial charge in [0.15, 0.2) is 0 Å². The third-order valence-electron chi connectivity index (χ3n) is 4.52. The van der Waals surface area contributed by atoms with Gasteiger partial charge in [-0.1, -0.05) is 0 Å². The quantitative estimate of drug-likeness (QED) is 0.857. The van der Waals surface area contributed by atoms with E-state index in [9.17, 15) is 9.90 Å². The SMILES string of the molecule is COc1ccc2c(ccn2CC(=O)NC(C)(CO)C2CC2)c1. The lowest BCUT2D eigenvalue weighted by molar-refractivity contribution is -0.124. The van der Waals surface area contributed by atoms with E-state index < -0.39 is 5.54 Å². The highest BCUT2D eigenvalue weighted by atomic mass is 16.5. The van der Waals surface area contributed by atoms with Crippen molar-refractivity contribution in [3.05, 3.63) is 30.5 Å². The van der Waals surface area contributed by atoms with E-state index in [2.05, 4.69) is 5.32 Å². The van der Waals surface area contributed by atoms with Gasteiger partial charge in [0.2, 0.25) is 5.91 Å². The molecule has 1 heterocycles. The number of nitrogens with one attached hydrogen (secondary N) is 1. The molecule has 0 bridgehead atoms. The van der Waals surface area contributed by atoms with Gasteiger partial charge in [-0.2, -0.15) is 0 Å². The number of hydrogen-bond donors (Lipinski definition) is 2. The van der Waals surface area contributed by atoms with Crippen molar-refractivity contribution in [2.45, 2.75) is 31.8 Å². The van der Waals surface area contributed by atoms with Crippen LogP contribution in [0.5, 0.6) is 5.75 Å². The Morgan fingerprint density at radius 2 is 2.23 bits per heavy atom. The molecule has 1 aromatic carbocycles. The predicted molar refractivity (Wildman–Crippen MR) is 84.8 cm³/mol. The normalized spacial score (nSPS) is 17.2. The molecular formula is C17H22N2O3. The number of aromatic nitrogens is 1. The molecule has 2 N–H and O–H groups in total. The van der Waals surface area contributed by atoms with Gasteiger partial charge in [0.1, 0.15) is 12.3 Å². The number of benzene rings is 1. The summed E-state index contributed by atoms with van der Waals surface area (Å²) < 4.78 is 7.12. The van der Waals surface area contributed by atoms with Crippen LogP contribution in [0.25, 0.3) is 10.9 Å². The van der Waals surface area contributed by atoms with E-state index in [-0.39, 0.29) is 19.1 Å². The van der Waals surface area contributed by atoms with Crippen molar-refractivity contribution in [2.24, 2.45) is 5.92 Å². The first-order chi connectivity index (χ1) is 10.6. The predicted octanol–water partition coefficient (Wildman–Crippen LogP) is 1.93. The van der Waals surface area contributed by atoms with Crippen LogP contribution >= 0.6 is 0 Å². The molecule has 1 saturated carbocycles. The lowest BCUT2D eigenvalue weighted by Gasteiger charge is -2.28. The lowest BCUT2D eigenvalue weighted by Crippen LogP contribution is -2.51. The summed E-state index contributed by atoms with van der Waals surface area (Å²) in [6.45, 7) is 2.15. The van der Waals surface area contributed by atoms with Crippen molar-refractivity contribution >= 4 is 16.8 Å². The number of fused-ring (bicyclic) bond motifs is 1. The maximum absolute atomic E-state index is 12.3. The van der Waals surface area contributed by atoms with Crippen LogP contribution in [0, 0.1) is 5.92 Å². The third-order valence-corrected chi connectivity index (χ3v) is 4.52. The third kappa shape index (κ3) is 2.81. The molecule has 3 rings (SSSR count). The number of ether oxygens (including phenoxy) is 1. The molecule has 1 aliphatic rings. The largest absolute Gasteiger partial charge is 0.497 e. The molecule has 0 saturated heterocycles. The molecule has 1 atom stereocenters. The molecular weight excluding hydrogens is 280 g/mol. The van der Waals surface area contributed by atoms with Gasteiger partial charge in [0.05, 0.1) is 19.3 Å². The standard InChI is InChI=1S/C17H22N2O3/c1-17(11-20,13-3-4-13)18-16(21)10-19-8-7-12-9-14(22-2)5-6-15(12)19/h5-9,13,20H,3-4,10-11H2,1-2H3,(H,18,21). The minimum atomic E-state index is -0.497. The summed E-state index contributed by atoms with van der Waals surface area (Å²) in [5.74, 6) is 1.13. The van der Waals surface area contributed by atoms with Gasteiger partial charge in [0.25, 0.3) is 0 Å². The smallest absolute Gasteiger partial charge is 0.240 e. The van der Waals surface area contributed by atoms with Crippen LogP contribution in [0.4, 0.5) is 0 Å². The summed E-state index contributed by atoms with van der Waals surface area (Å²) >= 11 is 0. The molecule has 1 amide bonds. The van der Waals surface area contributed by atoms with Crippen molar-refractivity contribution in [3.8, 4) is 5.75 Å². The highest BCUT2D eigenvalue weighted by Crippen LogP contribution is 2.39. The monoisotopic (exact) mass is 302 g/mol. The van der Waals surface area contributed by atoms with Gasteiger partial charge in [-0.25, -0.2) is 0 Å². The highest BCUT2D eigenvalue weighted by Gasteiger charge is 2.42. The summed E-state index contributed by atoms with van der Waals surface area (Å²) in [6, 6.07) is 7.76. The molecule has 0 radical (unpaired) electrons. The average Bonchev–Trinajstić information content (AvgIpc) is 3.31. The van der Waals surface area contributed by atoms with Gasteiger partial charge in [-0.05, 0) is 49.9 Å². The molecule has 1 unspecified atom stereocenters. The van der Waals surface area contributed by atoms with Crippen LogP contribution in [-0.4, -0.2) is 34.8 Å². The van der Waals surface area contributed by atoms with E-state index in [4.69, 9.17) is 4.74 Å². The summed E-state index contributed by atoms with van der Waals surface area (Å²) in [5, 5.41) is 13.6. The van der Waals surface area contributed by atoms with Crippen molar-refractivity contribution in [1.29, 1.82) is 0 Å². The van der Waals surface area contributed by atoms with Crippen LogP contribution in [0.1, 0.15) is 19.8 Å². The Morgan fingerprint density at radius 1 is 1.45 bits per heavy atom. The maximum Gasteiger partial charge on any atom is 0.240 e. The molecule has 22 heavy (non-hydrogen) atoms. The number of aliphatic hydroxyl groups is 1. The Morgan fingerprint density at radius 3 is 2.86 bits per heavy atom. The number of carbonyl (C=O) groups excluding carboxylic acids is 1. The first kappa shape index (κ1) is 14.9. The Labute approximate surface area is 129 Å². The van der Waals surface area contributed by atoms with Gasteiger partial charge in [-0.3, -0.25) is 4.79 Å². The minimum Gasteiger partial charge on any atom is -0.497 e. The van der Waals surface area contributed by atoms with Crippen LogP contribution in [0.3, 0.4) is 0 Å². The fraction of sp³-hybridized carbons (Fsp3) is 0.471. The van der Waals surface area contributed by atoms with Gasteiger partial charge in [0, 0.05) is 17.1 Å². The summed E-state index contributed by atoms with van der Waals surface area (Å²) in [4.78, 5) is 12.3. The van der Waals surface area contributed by atoms with E-state index in [0.29, 0.717) is 5.92 Å². The summed E-state index contributed by atoms with van der Waals surface area (Å²) in [6.07, 6.45) is 4.05. The molecule has 1 aliphatic carbocycles. The second-order valence-electron chi connectivity index (χ2n) is 6.27. The van der Waals surface area contributed by atoms with Gasteiger partial charge < -0.3 is 19.7 Å². The van der Waals surface area contributed by atoms with E-state index in [1.807, 2.05) is 42.0 Å². The van der Waals surface area contributed by atoms with Crippen LogP contribution in [0.2, 0.25) is 0 Å². The zero-order chi connectivity index (χ0) is 15.7. The Bertz CT molecular complexity index is 690. The van der Waals surface area contributed by atoms with Crippen LogP contribution in [-0.2, 0) is 11.3 Å². The van der Waals surface area contributed by atoms with Crippen molar-refractivity contribution in [3.63, 3.8) is 0 Å². The molecule has 118 valence electrons. The molecule has 0 aliphatic heterocycles. The van der Waals surface area contributed by atoms with E-state index in [0.717, 1.165) is 29.5 Å². The zero-order valence-electron chi connectivity index (χ0n) is 13.0.